The van der Waals surface area contributed by atoms with E-state index in [1.165, 1.54) is 18.2 Å². The van der Waals surface area contributed by atoms with Crippen LogP contribution < -0.4 is 0 Å². The minimum atomic E-state index is -4.90. The molecule has 29 heavy (non-hydrogen) atoms. The third kappa shape index (κ3) is 4.41. The second kappa shape index (κ2) is 7.39. The molecule has 0 saturated heterocycles. The molecule has 2 aromatic heterocycles. The summed E-state index contributed by atoms with van der Waals surface area (Å²) < 4.78 is 67.3. The summed E-state index contributed by atoms with van der Waals surface area (Å²) in [7, 11) is -3.49. The Morgan fingerprint density at radius 2 is 2.03 bits per heavy atom. The number of sulfone groups is 1. The Kier molecular flexibility index (Phi) is 5.40. The zero-order valence-electron chi connectivity index (χ0n) is 14.3. The van der Waals surface area contributed by atoms with Crippen molar-refractivity contribution in [2.24, 2.45) is 0 Å². The van der Waals surface area contributed by atoms with Crippen LogP contribution in [0, 0.1) is 0 Å². The number of nitrogens with zero attached hydrogens (tertiary/aromatic N) is 4. The van der Waals surface area contributed by atoms with E-state index in [1.54, 1.807) is 6.07 Å². The minimum absolute atomic E-state index is 0.0278. The van der Waals surface area contributed by atoms with E-state index < -0.39 is 44.9 Å². The summed E-state index contributed by atoms with van der Waals surface area (Å²) in [5.74, 6) is -1.69. The maximum Gasteiger partial charge on any atom is 0.436 e. The topological polar surface area (TPSA) is 115 Å². The van der Waals surface area contributed by atoms with Crippen LogP contribution in [-0.4, -0.2) is 44.9 Å². The van der Waals surface area contributed by atoms with Crippen molar-refractivity contribution in [3.63, 3.8) is 0 Å². The van der Waals surface area contributed by atoms with Gasteiger partial charge >= 0.3 is 12.1 Å². The molecule has 8 nitrogen and oxygen atoms in total. The van der Waals surface area contributed by atoms with Gasteiger partial charge in [-0.15, -0.1) is 0 Å². The maximum absolute atomic E-state index is 13.1. The van der Waals surface area contributed by atoms with Crippen molar-refractivity contribution in [3.05, 3.63) is 35.0 Å². The number of aliphatic carboxylic acids is 1. The van der Waals surface area contributed by atoms with Crippen LogP contribution >= 0.6 is 23.1 Å². The van der Waals surface area contributed by atoms with Gasteiger partial charge in [-0.25, -0.2) is 18.1 Å². The third-order valence-electron chi connectivity index (χ3n) is 3.60. The minimum Gasteiger partial charge on any atom is -0.480 e. The first-order valence-electron chi connectivity index (χ1n) is 7.58. The van der Waals surface area contributed by atoms with Crippen molar-refractivity contribution in [2.75, 3.05) is 6.26 Å². The average Bonchev–Trinajstić information content (AvgIpc) is 3.18. The molecular weight excluding hydrogens is 457 g/mol. The fraction of sp³-hybridized carbons (Fsp3) is 0.200. The molecule has 154 valence electrons. The van der Waals surface area contributed by atoms with Crippen LogP contribution in [0.2, 0.25) is 5.02 Å². The predicted molar refractivity (Wildman–Crippen MR) is 97.3 cm³/mol. The van der Waals surface area contributed by atoms with Gasteiger partial charge in [0.15, 0.2) is 21.4 Å². The molecule has 0 atom stereocenters. The molecule has 0 spiro atoms. The smallest absolute Gasteiger partial charge is 0.436 e. The van der Waals surface area contributed by atoms with Crippen LogP contribution in [0.5, 0.6) is 0 Å². The van der Waals surface area contributed by atoms with Crippen LogP contribution in [0.1, 0.15) is 5.69 Å². The first-order chi connectivity index (χ1) is 13.4. The Balaban J connectivity index is 2.11. The molecule has 0 bridgehead atoms. The molecule has 0 aliphatic rings. The molecule has 2 heterocycles. The fourth-order valence-corrected chi connectivity index (χ4v) is 4.03. The molecule has 0 aliphatic heterocycles. The van der Waals surface area contributed by atoms with Gasteiger partial charge in [0.25, 0.3) is 0 Å². The maximum atomic E-state index is 13.1. The molecule has 0 fully saturated rings. The number of hydrogen-bond donors (Lipinski definition) is 1. The lowest BCUT2D eigenvalue weighted by Gasteiger charge is -2.02. The van der Waals surface area contributed by atoms with Crippen molar-refractivity contribution >= 4 is 38.9 Å². The van der Waals surface area contributed by atoms with Crippen LogP contribution in [0.25, 0.3) is 22.1 Å². The van der Waals surface area contributed by atoms with Gasteiger partial charge in [-0.1, -0.05) is 23.7 Å². The van der Waals surface area contributed by atoms with E-state index in [1.807, 2.05) is 0 Å². The summed E-state index contributed by atoms with van der Waals surface area (Å²) in [5, 5.41) is 11.6. The van der Waals surface area contributed by atoms with E-state index in [9.17, 15) is 26.4 Å². The Morgan fingerprint density at radius 3 is 2.62 bits per heavy atom. The van der Waals surface area contributed by atoms with Gasteiger partial charge in [0.1, 0.15) is 22.3 Å². The Hall–Kier alpha value is -2.51. The largest absolute Gasteiger partial charge is 0.480 e. The number of aromatic nitrogens is 4. The quantitative estimate of drug-likeness (QED) is 0.613. The molecule has 1 N–H and O–H groups in total. The number of alkyl halides is 3. The standard InChI is InChI=1S/C15H10ClF3N4O4S2/c1-29(26,27)8-4-2-3-7(5-8)14-20-13(22-28-14)11-10(16)12(15(17,18)19)21-23(11)6-9(24)25/h2-5H,6H2,1H3,(H,24,25). The van der Waals surface area contributed by atoms with Gasteiger partial charge < -0.3 is 5.11 Å². The third-order valence-corrected chi connectivity index (χ3v) is 5.83. The SMILES string of the molecule is CS(=O)(=O)c1cccc(-c2nc(-c3c(Cl)c(C(F)(F)F)nn3CC(=O)O)ns2)c1. The van der Waals surface area contributed by atoms with Crippen LogP contribution in [0.15, 0.2) is 29.2 Å². The fourth-order valence-electron chi connectivity index (χ4n) is 2.37. The van der Waals surface area contributed by atoms with Crippen molar-refractivity contribution in [1.29, 1.82) is 0 Å². The Morgan fingerprint density at radius 1 is 1.34 bits per heavy atom. The molecule has 0 amide bonds. The zero-order chi connectivity index (χ0) is 21.6. The second-order valence-electron chi connectivity index (χ2n) is 5.78. The molecule has 1 aromatic carbocycles. The molecule has 3 rings (SSSR count). The number of rotatable bonds is 5. The first kappa shape index (κ1) is 21.2. The normalized spacial score (nSPS) is 12.3. The van der Waals surface area contributed by atoms with Crippen molar-refractivity contribution in [3.8, 4) is 22.1 Å². The van der Waals surface area contributed by atoms with E-state index >= 15 is 0 Å². The molecule has 14 heteroatoms. The van der Waals surface area contributed by atoms with Gasteiger partial charge in [-0.05, 0) is 23.7 Å². The molecule has 0 radical (unpaired) electrons. The van der Waals surface area contributed by atoms with Gasteiger partial charge in [0, 0.05) is 11.8 Å². The second-order valence-corrected chi connectivity index (χ2v) is 8.93. The number of halogens is 4. The van der Waals surface area contributed by atoms with Crippen molar-refractivity contribution in [1.82, 2.24) is 19.1 Å². The van der Waals surface area contributed by atoms with Gasteiger partial charge in [-0.3, -0.25) is 4.79 Å². The summed E-state index contributed by atoms with van der Waals surface area (Å²) in [6.45, 7) is -0.886. The van der Waals surface area contributed by atoms with E-state index in [4.69, 9.17) is 16.7 Å². The van der Waals surface area contributed by atoms with Crippen LogP contribution in [0.3, 0.4) is 0 Å². The number of hydrogen-bond acceptors (Lipinski definition) is 7. The van der Waals surface area contributed by atoms with E-state index in [2.05, 4.69) is 14.5 Å². The van der Waals surface area contributed by atoms with Crippen LogP contribution in [-0.2, 0) is 27.4 Å². The Labute approximate surface area is 170 Å². The van der Waals surface area contributed by atoms with E-state index in [0.717, 1.165) is 17.8 Å². The van der Waals surface area contributed by atoms with Crippen molar-refractivity contribution < 1.29 is 31.5 Å². The monoisotopic (exact) mass is 466 g/mol. The van der Waals surface area contributed by atoms with Gasteiger partial charge in [-0.2, -0.15) is 22.6 Å². The van der Waals surface area contributed by atoms with Crippen molar-refractivity contribution in [2.45, 2.75) is 17.6 Å². The lowest BCUT2D eigenvalue weighted by molar-refractivity contribution is -0.143. The summed E-state index contributed by atoms with van der Waals surface area (Å²) in [4.78, 5) is 15.1. The molecule has 0 unspecified atom stereocenters. The molecular formula is C15H10ClF3N4O4S2. The number of carboxylic acid groups (broad SMARTS) is 1. The van der Waals surface area contributed by atoms with Gasteiger partial charge in [0.2, 0.25) is 0 Å². The Bertz CT molecular complexity index is 1200. The van der Waals surface area contributed by atoms with E-state index in [0.29, 0.717) is 10.2 Å². The molecule has 0 aliphatic carbocycles. The highest BCUT2D eigenvalue weighted by molar-refractivity contribution is 7.90. The molecule has 3 aromatic rings. The summed E-state index contributed by atoms with van der Waals surface area (Å²) in [6.07, 6.45) is -3.88. The predicted octanol–water partition coefficient (Wildman–Crippen LogP) is 3.23. The lowest BCUT2D eigenvalue weighted by Crippen LogP contribution is -2.13. The summed E-state index contributed by atoms with van der Waals surface area (Å²) in [6, 6.07) is 5.76. The highest BCUT2D eigenvalue weighted by Crippen LogP contribution is 2.39. The first-order valence-corrected chi connectivity index (χ1v) is 10.6. The summed E-state index contributed by atoms with van der Waals surface area (Å²) >= 11 is 6.61. The number of carbonyl (C=O) groups is 1. The van der Waals surface area contributed by atoms with E-state index in [-0.39, 0.29) is 15.7 Å². The highest BCUT2D eigenvalue weighted by atomic mass is 35.5. The van der Waals surface area contributed by atoms with Crippen LogP contribution in [0.4, 0.5) is 13.2 Å². The number of benzene rings is 1. The zero-order valence-corrected chi connectivity index (χ0v) is 16.7. The molecule has 0 saturated carbocycles. The van der Waals surface area contributed by atoms with Gasteiger partial charge in [0.05, 0.1) is 4.90 Å². The highest BCUT2D eigenvalue weighted by Gasteiger charge is 2.40. The summed E-state index contributed by atoms with van der Waals surface area (Å²) in [5.41, 5.74) is -1.48. The lowest BCUT2D eigenvalue weighted by atomic mass is 10.2. The average molecular weight is 467 g/mol. The number of carboxylic acids is 1.